The zero-order valence-corrected chi connectivity index (χ0v) is 22.4. The number of aryl methyl sites for hydroxylation is 1. The summed E-state index contributed by atoms with van der Waals surface area (Å²) in [7, 11) is 0. The van der Waals surface area contributed by atoms with Crippen molar-refractivity contribution in [3.63, 3.8) is 0 Å². The standard InChI is InChI=1S/C30H34FN3O5/c1-21(2)34-16-17-37-26-9-4-3-7-22(26)8-5-6-14-30(29(34)36)20-33(15-18-38-30)28(35)25-19-27(39-32-25)23-10-12-24(31)13-11-23/h3-4,7,9-13,19,21H,5-6,8,14-18,20H2,1-2H3. The molecule has 1 spiro atoms. The fourth-order valence-electron chi connectivity index (χ4n) is 5.32. The van der Waals surface area contributed by atoms with Crippen LogP contribution < -0.4 is 4.74 Å². The second kappa shape index (κ2) is 11.6. The number of carbonyl (C=O) groups is 2. The molecule has 206 valence electrons. The van der Waals surface area contributed by atoms with Gasteiger partial charge >= 0.3 is 0 Å². The summed E-state index contributed by atoms with van der Waals surface area (Å²) < 4.78 is 31.1. The number of para-hydroxylation sites is 1. The van der Waals surface area contributed by atoms with Gasteiger partial charge in [0, 0.05) is 24.2 Å². The van der Waals surface area contributed by atoms with Crippen molar-refractivity contribution in [1.29, 1.82) is 0 Å². The molecule has 2 aliphatic heterocycles. The summed E-state index contributed by atoms with van der Waals surface area (Å²) in [5, 5.41) is 3.98. The molecule has 2 aromatic carbocycles. The van der Waals surface area contributed by atoms with Crippen molar-refractivity contribution in [3.05, 3.63) is 71.7 Å². The summed E-state index contributed by atoms with van der Waals surface area (Å²) in [5.74, 6) is 0.416. The molecular formula is C30H34FN3O5. The SMILES string of the molecule is CC(C)N1CCOc2ccccc2CCCCC2(CN(C(=O)c3cc(-c4ccc(F)cc4)on3)CCO2)C1=O. The molecule has 5 rings (SSSR count). The molecule has 9 heteroatoms. The molecule has 1 atom stereocenters. The summed E-state index contributed by atoms with van der Waals surface area (Å²) in [6, 6.07) is 15.3. The van der Waals surface area contributed by atoms with Gasteiger partial charge in [-0.15, -0.1) is 0 Å². The number of nitrogens with zero attached hydrogens (tertiary/aromatic N) is 3. The minimum Gasteiger partial charge on any atom is -0.491 e. The van der Waals surface area contributed by atoms with Crippen molar-refractivity contribution in [1.82, 2.24) is 15.0 Å². The lowest BCUT2D eigenvalue weighted by Gasteiger charge is -2.44. The number of hydrogen-bond acceptors (Lipinski definition) is 6. The van der Waals surface area contributed by atoms with Gasteiger partial charge in [-0.05, 0) is 75.4 Å². The number of fused-ring (bicyclic) bond motifs is 1. The minimum absolute atomic E-state index is 0.0698. The van der Waals surface area contributed by atoms with E-state index in [4.69, 9.17) is 14.0 Å². The van der Waals surface area contributed by atoms with Crippen molar-refractivity contribution < 1.29 is 28.0 Å². The highest BCUT2D eigenvalue weighted by Gasteiger charge is 2.47. The predicted octanol–water partition coefficient (Wildman–Crippen LogP) is 4.73. The number of benzene rings is 2. The normalized spacial score (nSPS) is 20.8. The Balaban J connectivity index is 1.37. The smallest absolute Gasteiger partial charge is 0.276 e. The molecule has 2 aliphatic rings. The number of rotatable bonds is 3. The van der Waals surface area contributed by atoms with Gasteiger partial charge in [0.1, 0.15) is 18.2 Å². The quantitative estimate of drug-likeness (QED) is 0.482. The highest BCUT2D eigenvalue weighted by atomic mass is 19.1. The van der Waals surface area contributed by atoms with Gasteiger partial charge in [-0.3, -0.25) is 9.59 Å². The van der Waals surface area contributed by atoms with Crippen LogP contribution in [0.4, 0.5) is 4.39 Å². The van der Waals surface area contributed by atoms with Crippen LogP contribution in [0, 0.1) is 5.82 Å². The number of ether oxygens (including phenoxy) is 2. The van der Waals surface area contributed by atoms with E-state index in [2.05, 4.69) is 11.2 Å². The van der Waals surface area contributed by atoms with E-state index >= 15 is 0 Å². The lowest BCUT2D eigenvalue weighted by molar-refractivity contribution is -0.172. The topological polar surface area (TPSA) is 85.1 Å². The Morgan fingerprint density at radius 3 is 2.64 bits per heavy atom. The van der Waals surface area contributed by atoms with E-state index in [9.17, 15) is 14.0 Å². The molecule has 0 saturated carbocycles. The number of morpholine rings is 1. The number of hydrogen-bond donors (Lipinski definition) is 0. The predicted molar refractivity (Wildman–Crippen MR) is 143 cm³/mol. The lowest BCUT2D eigenvalue weighted by Crippen LogP contribution is -2.63. The summed E-state index contributed by atoms with van der Waals surface area (Å²) in [5.41, 5.74) is 0.754. The first-order valence-electron chi connectivity index (χ1n) is 13.5. The Morgan fingerprint density at radius 1 is 1.05 bits per heavy atom. The van der Waals surface area contributed by atoms with Crippen LogP contribution in [0.5, 0.6) is 5.75 Å². The molecule has 3 heterocycles. The largest absolute Gasteiger partial charge is 0.491 e. The molecular weight excluding hydrogens is 501 g/mol. The third-order valence-corrected chi connectivity index (χ3v) is 7.44. The van der Waals surface area contributed by atoms with Crippen LogP contribution >= 0.6 is 0 Å². The Kier molecular flexibility index (Phi) is 7.97. The van der Waals surface area contributed by atoms with Gasteiger partial charge in [-0.1, -0.05) is 23.4 Å². The van der Waals surface area contributed by atoms with Crippen LogP contribution in [0.15, 0.2) is 59.1 Å². The van der Waals surface area contributed by atoms with Crippen LogP contribution in [-0.2, 0) is 16.0 Å². The van der Waals surface area contributed by atoms with Gasteiger partial charge in [0.2, 0.25) is 0 Å². The van der Waals surface area contributed by atoms with Crippen molar-refractivity contribution >= 4 is 11.8 Å². The molecule has 1 unspecified atom stereocenters. The van der Waals surface area contributed by atoms with Gasteiger partial charge in [0.05, 0.1) is 19.7 Å². The van der Waals surface area contributed by atoms with Crippen LogP contribution in [0.2, 0.25) is 0 Å². The second-order valence-electron chi connectivity index (χ2n) is 10.4. The van der Waals surface area contributed by atoms with Gasteiger partial charge < -0.3 is 23.8 Å². The maximum Gasteiger partial charge on any atom is 0.276 e. The Labute approximate surface area is 227 Å². The highest BCUT2D eigenvalue weighted by molar-refractivity contribution is 5.94. The molecule has 3 aromatic rings. The van der Waals surface area contributed by atoms with Crippen molar-refractivity contribution in [3.8, 4) is 17.1 Å². The molecule has 1 fully saturated rings. The summed E-state index contributed by atoms with van der Waals surface area (Å²) in [6.45, 7) is 5.44. The van der Waals surface area contributed by atoms with Crippen molar-refractivity contribution in [2.75, 3.05) is 32.8 Å². The first-order chi connectivity index (χ1) is 18.9. The van der Waals surface area contributed by atoms with E-state index in [0.29, 0.717) is 37.4 Å². The second-order valence-corrected chi connectivity index (χ2v) is 10.4. The van der Waals surface area contributed by atoms with E-state index in [-0.39, 0.29) is 42.5 Å². The summed E-state index contributed by atoms with van der Waals surface area (Å²) >= 11 is 0. The van der Waals surface area contributed by atoms with Crippen LogP contribution in [-0.4, -0.2) is 71.3 Å². The molecule has 39 heavy (non-hydrogen) atoms. The highest BCUT2D eigenvalue weighted by Crippen LogP contribution is 2.31. The molecule has 0 bridgehead atoms. The van der Waals surface area contributed by atoms with Gasteiger partial charge in [0.25, 0.3) is 11.8 Å². The van der Waals surface area contributed by atoms with E-state index in [1.165, 1.54) is 12.1 Å². The van der Waals surface area contributed by atoms with Crippen LogP contribution in [0.25, 0.3) is 11.3 Å². The fraction of sp³-hybridized carbons (Fsp3) is 0.433. The Morgan fingerprint density at radius 2 is 1.85 bits per heavy atom. The molecule has 8 nitrogen and oxygen atoms in total. The van der Waals surface area contributed by atoms with E-state index in [1.807, 2.05) is 32.0 Å². The lowest BCUT2D eigenvalue weighted by atomic mass is 9.90. The first-order valence-corrected chi connectivity index (χ1v) is 13.5. The fourth-order valence-corrected chi connectivity index (χ4v) is 5.32. The summed E-state index contributed by atoms with van der Waals surface area (Å²) in [6.07, 6.45) is 2.95. The van der Waals surface area contributed by atoms with E-state index in [0.717, 1.165) is 30.6 Å². The number of halogens is 1. The maximum absolute atomic E-state index is 14.1. The van der Waals surface area contributed by atoms with Crippen molar-refractivity contribution in [2.24, 2.45) is 0 Å². The monoisotopic (exact) mass is 535 g/mol. The maximum atomic E-state index is 14.1. The number of carbonyl (C=O) groups excluding carboxylic acids is 2. The minimum atomic E-state index is -1.15. The van der Waals surface area contributed by atoms with Gasteiger partial charge in [-0.2, -0.15) is 0 Å². The Hall–Kier alpha value is -3.72. The molecule has 1 aromatic heterocycles. The van der Waals surface area contributed by atoms with Crippen LogP contribution in [0.1, 0.15) is 49.2 Å². The number of aromatic nitrogens is 1. The number of amides is 2. The molecule has 0 radical (unpaired) electrons. The van der Waals surface area contributed by atoms with E-state index in [1.54, 1.807) is 28.0 Å². The average Bonchev–Trinajstić information content (AvgIpc) is 3.43. The van der Waals surface area contributed by atoms with Gasteiger partial charge in [-0.25, -0.2) is 4.39 Å². The van der Waals surface area contributed by atoms with E-state index < -0.39 is 5.60 Å². The third-order valence-electron chi connectivity index (χ3n) is 7.44. The zero-order valence-electron chi connectivity index (χ0n) is 22.4. The summed E-state index contributed by atoms with van der Waals surface area (Å²) in [4.78, 5) is 31.0. The molecule has 0 aliphatic carbocycles. The molecule has 0 N–H and O–H groups in total. The zero-order chi connectivity index (χ0) is 27.4. The molecule has 2 amide bonds. The van der Waals surface area contributed by atoms with Crippen molar-refractivity contribution in [2.45, 2.75) is 51.2 Å². The first kappa shape index (κ1) is 26.9. The molecule has 1 saturated heterocycles. The third kappa shape index (κ3) is 5.83. The van der Waals surface area contributed by atoms with Crippen LogP contribution in [0.3, 0.4) is 0 Å². The average molecular weight is 536 g/mol. The Bertz CT molecular complexity index is 1310. The van der Waals surface area contributed by atoms with Gasteiger partial charge in [0.15, 0.2) is 17.1 Å².